The second kappa shape index (κ2) is 4.53. The van der Waals surface area contributed by atoms with E-state index >= 15 is 0 Å². The van der Waals surface area contributed by atoms with Crippen LogP contribution in [0.1, 0.15) is 15.2 Å². The van der Waals surface area contributed by atoms with E-state index in [1.165, 1.54) is 11.5 Å². The van der Waals surface area contributed by atoms with Crippen LogP contribution < -0.4 is 0 Å². The molecule has 0 unspecified atom stereocenters. The number of benzene rings is 1. The number of hydrogen-bond donors (Lipinski definition) is 0. The Hall–Kier alpha value is -0.900. The molecule has 16 heavy (non-hydrogen) atoms. The van der Waals surface area contributed by atoms with Crippen molar-refractivity contribution in [3.63, 3.8) is 0 Å². The Bertz CT molecular complexity index is 533. The summed E-state index contributed by atoms with van der Waals surface area (Å²) in [5.74, 6) is 0. The molecule has 82 valence electrons. The Morgan fingerprint density at radius 1 is 1.31 bits per heavy atom. The molecule has 2 aromatic rings. The van der Waals surface area contributed by atoms with Crippen molar-refractivity contribution < 1.29 is 4.79 Å². The summed E-state index contributed by atoms with van der Waals surface area (Å²) in [5, 5.41) is 0.172. The van der Waals surface area contributed by atoms with Crippen LogP contribution >= 0.6 is 34.7 Å². The molecule has 0 bridgehead atoms. The van der Waals surface area contributed by atoms with Crippen LogP contribution in [0, 0.1) is 6.92 Å². The van der Waals surface area contributed by atoms with Crippen molar-refractivity contribution in [3.05, 3.63) is 39.7 Å². The number of hydrogen-bond acceptors (Lipinski definition) is 3. The second-order valence-electron chi connectivity index (χ2n) is 3.24. The summed E-state index contributed by atoms with van der Waals surface area (Å²) in [5.41, 5.74) is 1.95. The summed E-state index contributed by atoms with van der Waals surface area (Å²) in [6.07, 6.45) is 0. The van der Waals surface area contributed by atoms with Gasteiger partial charge in [0.1, 0.15) is 0 Å². The first kappa shape index (κ1) is 11.6. The molecule has 1 heterocycles. The lowest BCUT2D eigenvalue weighted by Crippen LogP contribution is -1.92. The van der Waals surface area contributed by atoms with Gasteiger partial charge in [-0.3, -0.25) is 4.79 Å². The van der Waals surface area contributed by atoms with Gasteiger partial charge in [0.15, 0.2) is 0 Å². The van der Waals surface area contributed by atoms with Crippen molar-refractivity contribution >= 4 is 40.0 Å². The van der Waals surface area contributed by atoms with Crippen LogP contribution in [0.4, 0.5) is 0 Å². The third kappa shape index (κ3) is 2.12. The van der Waals surface area contributed by atoms with Gasteiger partial charge in [-0.25, -0.2) is 0 Å². The van der Waals surface area contributed by atoms with Crippen molar-refractivity contribution in [1.29, 1.82) is 0 Å². The zero-order valence-electron chi connectivity index (χ0n) is 8.33. The van der Waals surface area contributed by atoms with Gasteiger partial charge in [-0.1, -0.05) is 23.7 Å². The number of carbonyl (C=O) groups is 1. The fraction of sp³-hybridized carbons (Fsp3) is 0.0909. The summed E-state index contributed by atoms with van der Waals surface area (Å²) in [6, 6.07) is 7.16. The number of nitrogens with zero attached hydrogens (tertiary/aromatic N) is 1. The van der Waals surface area contributed by atoms with Gasteiger partial charge in [0.25, 0.3) is 5.24 Å². The molecule has 0 spiro atoms. The minimum Gasteiger partial charge on any atom is -0.275 e. The molecule has 0 aliphatic heterocycles. The fourth-order valence-corrected chi connectivity index (χ4v) is 2.53. The predicted molar refractivity (Wildman–Crippen MR) is 67.5 cm³/mol. The van der Waals surface area contributed by atoms with E-state index < -0.39 is 5.24 Å². The first-order valence-corrected chi connectivity index (χ1v) is 6.04. The molecule has 2 rings (SSSR count). The molecule has 0 aliphatic rings. The van der Waals surface area contributed by atoms with E-state index in [1.54, 1.807) is 12.1 Å². The first-order chi connectivity index (χ1) is 7.59. The molecular weight excluding hydrogens is 265 g/mol. The molecule has 0 saturated heterocycles. The Balaban J connectivity index is 2.56. The minimum atomic E-state index is -0.476. The number of halogens is 2. The number of carbonyl (C=O) groups excluding carboxylic acids is 1. The number of rotatable bonds is 2. The molecule has 0 amide bonds. The summed E-state index contributed by atoms with van der Waals surface area (Å²) < 4.78 is 4.23. The molecule has 0 saturated carbocycles. The normalized spacial score (nSPS) is 10.4. The maximum Gasteiger partial charge on any atom is 0.255 e. The van der Waals surface area contributed by atoms with E-state index in [9.17, 15) is 4.79 Å². The van der Waals surface area contributed by atoms with Crippen LogP contribution in [0.5, 0.6) is 0 Å². The lowest BCUT2D eigenvalue weighted by molar-refractivity contribution is 0.108. The highest BCUT2D eigenvalue weighted by molar-refractivity contribution is 7.06. The average molecular weight is 272 g/mol. The van der Waals surface area contributed by atoms with E-state index in [2.05, 4.69) is 4.37 Å². The Morgan fingerprint density at radius 2 is 1.94 bits per heavy atom. The average Bonchev–Trinajstić information content (AvgIpc) is 2.61. The van der Waals surface area contributed by atoms with E-state index in [0.29, 0.717) is 16.3 Å². The maximum atomic E-state index is 11.3. The molecule has 0 N–H and O–H groups in total. The topological polar surface area (TPSA) is 30.0 Å². The lowest BCUT2D eigenvalue weighted by Gasteiger charge is -1.99. The van der Waals surface area contributed by atoms with Crippen LogP contribution in [0.15, 0.2) is 24.3 Å². The highest BCUT2D eigenvalue weighted by Crippen LogP contribution is 2.29. The van der Waals surface area contributed by atoms with E-state index in [0.717, 1.165) is 10.4 Å². The highest BCUT2D eigenvalue weighted by atomic mass is 35.5. The fourth-order valence-electron chi connectivity index (χ4n) is 1.41. The van der Waals surface area contributed by atoms with Gasteiger partial charge < -0.3 is 0 Å². The van der Waals surface area contributed by atoms with Crippen molar-refractivity contribution in [1.82, 2.24) is 4.37 Å². The third-order valence-electron chi connectivity index (χ3n) is 2.18. The maximum absolute atomic E-state index is 11.3. The van der Waals surface area contributed by atoms with Crippen LogP contribution in [-0.4, -0.2) is 9.62 Å². The Kier molecular flexibility index (Phi) is 3.28. The molecule has 1 aromatic carbocycles. The lowest BCUT2D eigenvalue weighted by atomic mass is 10.1. The summed E-state index contributed by atoms with van der Waals surface area (Å²) in [6.45, 7) is 1.83. The van der Waals surface area contributed by atoms with Crippen molar-refractivity contribution in [2.24, 2.45) is 0 Å². The van der Waals surface area contributed by atoms with Gasteiger partial charge >= 0.3 is 0 Å². The molecule has 1 aromatic heterocycles. The predicted octanol–water partition coefficient (Wildman–Crippen LogP) is 4.15. The van der Waals surface area contributed by atoms with Crippen LogP contribution in [0.2, 0.25) is 5.02 Å². The van der Waals surface area contributed by atoms with Gasteiger partial charge in [0.2, 0.25) is 0 Å². The van der Waals surface area contributed by atoms with E-state index in [-0.39, 0.29) is 0 Å². The van der Waals surface area contributed by atoms with Crippen LogP contribution in [0.3, 0.4) is 0 Å². The number of aryl methyl sites for hydroxylation is 1. The standard InChI is InChI=1S/C11H7Cl2NOS/c1-6-9(11(13)15)10(14-16-6)7-2-4-8(12)5-3-7/h2-5H,1H3. The van der Waals surface area contributed by atoms with Gasteiger partial charge in [-0.15, -0.1) is 0 Å². The zero-order valence-corrected chi connectivity index (χ0v) is 10.7. The van der Waals surface area contributed by atoms with E-state index in [4.69, 9.17) is 23.2 Å². The largest absolute Gasteiger partial charge is 0.275 e. The van der Waals surface area contributed by atoms with Crippen molar-refractivity contribution in [2.45, 2.75) is 6.92 Å². The molecule has 5 heteroatoms. The molecule has 0 radical (unpaired) electrons. The summed E-state index contributed by atoms with van der Waals surface area (Å²) in [4.78, 5) is 12.1. The SMILES string of the molecule is Cc1snc(-c2ccc(Cl)cc2)c1C(=O)Cl. The smallest absolute Gasteiger partial charge is 0.255 e. The van der Waals surface area contributed by atoms with E-state index in [1.807, 2.05) is 19.1 Å². The summed E-state index contributed by atoms with van der Waals surface area (Å²) >= 11 is 12.6. The summed E-state index contributed by atoms with van der Waals surface area (Å²) in [7, 11) is 0. The van der Waals surface area contributed by atoms with Gasteiger partial charge in [-0.2, -0.15) is 4.37 Å². The Morgan fingerprint density at radius 3 is 2.50 bits per heavy atom. The van der Waals surface area contributed by atoms with Gasteiger partial charge in [0.05, 0.1) is 11.3 Å². The molecule has 0 atom stereocenters. The monoisotopic (exact) mass is 271 g/mol. The molecular formula is C11H7Cl2NOS. The molecule has 0 aliphatic carbocycles. The Labute approximate surface area is 107 Å². The van der Waals surface area contributed by atoms with Gasteiger partial charge in [-0.05, 0) is 42.2 Å². The molecule has 2 nitrogen and oxygen atoms in total. The van der Waals surface area contributed by atoms with Crippen LogP contribution in [0.25, 0.3) is 11.3 Å². The zero-order chi connectivity index (χ0) is 11.7. The first-order valence-electron chi connectivity index (χ1n) is 4.51. The quantitative estimate of drug-likeness (QED) is 0.768. The third-order valence-corrected chi connectivity index (χ3v) is 3.37. The van der Waals surface area contributed by atoms with Crippen LogP contribution in [-0.2, 0) is 0 Å². The molecule has 0 fully saturated rings. The second-order valence-corrected chi connectivity index (χ2v) is 5.00. The van der Waals surface area contributed by atoms with Crippen molar-refractivity contribution in [3.8, 4) is 11.3 Å². The number of aromatic nitrogens is 1. The highest BCUT2D eigenvalue weighted by Gasteiger charge is 2.17. The van der Waals surface area contributed by atoms with Gasteiger partial charge in [0, 0.05) is 15.5 Å². The van der Waals surface area contributed by atoms with Crippen molar-refractivity contribution in [2.75, 3.05) is 0 Å². The minimum absolute atomic E-state index is 0.476.